The average molecular weight is 387 g/mol. The van der Waals surface area contributed by atoms with Crippen molar-refractivity contribution >= 4 is 17.5 Å². The van der Waals surface area contributed by atoms with Crippen molar-refractivity contribution in [3.8, 4) is 6.07 Å². The van der Waals surface area contributed by atoms with Crippen LogP contribution in [0.4, 0.5) is 0 Å². The lowest BCUT2D eigenvalue weighted by Gasteiger charge is -2.33. The van der Waals surface area contributed by atoms with E-state index in [-0.39, 0.29) is 11.7 Å². The Morgan fingerprint density at radius 3 is 2.57 bits per heavy atom. The highest BCUT2D eigenvalue weighted by atomic mass is 32.2. The molecule has 0 radical (unpaired) electrons. The lowest BCUT2D eigenvalue weighted by atomic mass is 9.77. The molecule has 1 heterocycles. The smallest absolute Gasteiger partial charge is 0.161 e. The fourth-order valence-electron chi connectivity index (χ4n) is 3.86. The Kier molecular flexibility index (Phi) is 5.36. The summed E-state index contributed by atoms with van der Waals surface area (Å²) in [6.07, 6.45) is 2.29. The molecule has 4 heteroatoms. The third-order valence-corrected chi connectivity index (χ3v) is 6.39. The van der Waals surface area contributed by atoms with Crippen molar-refractivity contribution < 1.29 is 4.79 Å². The number of hydrogen-bond acceptors (Lipinski definition) is 4. The Morgan fingerprint density at radius 2 is 1.86 bits per heavy atom. The van der Waals surface area contributed by atoms with Crippen molar-refractivity contribution in [2.75, 3.05) is 0 Å². The molecule has 0 saturated carbocycles. The van der Waals surface area contributed by atoms with Gasteiger partial charge in [-0.05, 0) is 30.9 Å². The second kappa shape index (κ2) is 8.08. The normalized spacial score (nSPS) is 19.1. The number of nitrogens with zero attached hydrogens (tertiary/aromatic N) is 1. The van der Waals surface area contributed by atoms with Crippen molar-refractivity contribution in [3.63, 3.8) is 0 Å². The van der Waals surface area contributed by atoms with Crippen molar-refractivity contribution in [3.05, 3.63) is 93.2 Å². The Bertz CT molecular complexity index is 997. The highest BCUT2D eigenvalue weighted by molar-refractivity contribution is 8.02. The van der Waals surface area contributed by atoms with Crippen molar-refractivity contribution in [2.24, 2.45) is 0 Å². The SMILES string of the molecule is Cc1ccc([C@@H]2C(C#N)=C(SCc3ccccc3)NC3=C2C(=O)CCC3)cc1. The molecule has 0 spiro atoms. The number of nitrogens with one attached hydrogen (secondary N) is 1. The van der Waals surface area contributed by atoms with Gasteiger partial charge in [0.2, 0.25) is 0 Å². The molecule has 0 bridgehead atoms. The van der Waals surface area contributed by atoms with Gasteiger partial charge in [0, 0.05) is 23.4 Å². The third kappa shape index (κ3) is 3.63. The minimum atomic E-state index is -0.270. The van der Waals surface area contributed by atoms with Gasteiger partial charge in [-0.3, -0.25) is 4.79 Å². The van der Waals surface area contributed by atoms with Crippen LogP contribution >= 0.6 is 11.8 Å². The van der Waals surface area contributed by atoms with Crippen LogP contribution in [0, 0.1) is 18.3 Å². The zero-order chi connectivity index (χ0) is 19.5. The second-order valence-corrected chi connectivity index (χ2v) is 8.25. The topological polar surface area (TPSA) is 52.9 Å². The summed E-state index contributed by atoms with van der Waals surface area (Å²) >= 11 is 1.64. The standard InChI is InChI=1S/C24H22N2OS/c1-16-10-12-18(13-11-16)22-19(14-25)24(28-15-17-6-3-2-4-7-17)26-20-8-5-9-21(27)23(20)22/h2-4,6-7,10-13,22,26H,5,8-9,15H2,1H3/t22-/m1/s1. The molecular formula is C24H22N2OS. The molecule has 140 valence electrons. The van der Waals surface area contributed by atoms with Gasteiger partial charge in [-0.2, -0.15) is 5.26 Å². The van der Waals surface area contributed by atoms with Crippen molar-refractivity contribution in [1.82, 2.24) is 5.32 Å². The molecular weight excluding hydrogens is 364 g/mol. The quantitative estimate of drug-likeness (QED) is 0.769. The van der Waals surface area contributed by atoms with Gasteiger partial charge in [-0.1, -0.05) is 60.2 Å². The van der Waals surface area contributed by atoms with Crippen LogP contribution in [0.3, 0.4) is 0 Å². The number of rotatable bonds is 4. The molecule has 2 aliphatic rings. The van der Waals surface area contributed by atoms with Crippen LogP contribution in [-0.2, 0) is 10.5 Å². The Labute approximate surface area is 170 Å². The number of Topliss-reactive ketones (excluding diaryl/α,β-unsaturated/α-hetero) is 1. The number of hydrogen-bond donors (Lipinski definition) is 1. The number of carbonyl (C=O) groups is 1. The van der Waals surface area contributed by atoms with Gasteiger partial charge in [0.1, 0.15) is 0 Å². The van der Waals surface area contributed by atoms with E-state index in [2.05, 4.69) is 47.8 Å². The Balaban J connectivity index is 1.75. The summed E-state index contributed by atoms with van der Waals surface area (Å²) in [5.41, 5.74) is 5.84. The molecule has 2 aromatic carbocycles. The van der Waals surface area contributed by atoms with Gasteiger partial charge in [-0.15, -0.1) is 11.8 Å². The number of thioether (sulfide) groups is 1. The largest absolute Gasteiger partial charge is 0.352 e. The first-order valence-corrected chi connectivity index (χ1v) is 10.6. The fraction of sp³-hybridized carbons (Fsp3) is 0.250. The van der Waals surface area contributed by atoms with Crippen molar-refractivity contribution in [2.45, 2.75) is 37.9 Å². The number of nitriles is 1. The van der Waals surface area contributed by atoms with Gasteiger partial charge in [-0.25, -0.2) is 0 Å². The van der Waals surface area contributed by atoms with E-state index in [1.807, 2.05) is 25.1 Å². The lowest BCUT2D eigenvalue weighted by molar-refractivity contribution is -0.116. The van der Waals surface area contributed by atoms with Gasteiger partial charge >= 0.3 is 0 Å². The number of ketones is 1. The van der Waals surface area contributed by atoms with Crippen LogP contribution in [0.15, 0.2) is 76.5 Å². The molecule has 0 saturated heterocycles. The number of aryl methyl sites for hydroxylation is 1. The summed E-state index contributed by atoms with van der Waals surface area (Å²) in [4.78, 5) is 12.8. The molecule has 1 N–H and O–H groups in total. The molecule has 28 heavy (non-hydrogen) atoms. The zero-order valence-corrected chi connectivity index (χ0v) is 16.7. The molecule has 0 amide bonds. The van der Waals surface area contributed by atoms with Crippen LogP contribution in [0.2, 0.25) is 0 Å². The van der Waals surface area contributed by atoms with E-state index < -0.39 is 0 Å². The second-order valence-electron chi connectivity index (χ2n) is 7.27. The maximum atomic E-state index is 12.8. The highest BCUT2D eigenvalue weighted by Crippen LogP contribution is 2.44. The molecule has 1 aliphatic heterocycles. The summed E-state index contributed by atoms with van der Waals surface area (Å²) in [6, 6.07) is 20.9. The first-order chi connectivity index (χ1) is 13.7. The minimum Gasteiger partial charge on any atom is -0.352 e. The monoisotopic (exact) mass is 386 g/mol. The Hall–Kier alpha value is -2.77. The van der Waals surface area contributed by atoms with Crippen LogP contribution in [0.5, 0.6) is 0 Å². The van der Waals surface area contributed by atoms with E-state index >= 15 is 0 Å². The lowest BCUT2D eigenvalue weighted by Crippen LogP contribution is -2.31. The van der Waals surface area contributed by atoms with Crippen LogP contribution in [0.25, 0.3) is 0 Å². The van der Waals surface area contributed by atoms with E-state index in [1.54, 1.807) is 11.8 Å². The van der Waals surface area contributed by atoms with Crippen LogP contribution in [0.1, 0.15) is 41.9 Å². The molecule has 1 aliphatic carbocycles. The highest BCUT2D eigenvalue weighted by Gasteiger charge is 2.36. The summed E-state index contributed by atoms with van der Waals surface area (Å²) in [7, 11) is 0. The van der Waals surface area contributed by atoms with Gasteiger partial charge in [0.25, 0.3) is 0 Å². The fourth-order valence-corrected chi connectivity index (χ4v) is 4.88. The van der Waals surface area contributed by atoms with Crippen LogP contribution < -0.4 is 5.32 Å². The van der Waals surface area contributed by atoms with E-state index in [4.69, 9.17) is 0 Å². The molecule has 0 unspecified atom stereocenters. The van der Waals surface area contributed by atoms with E-state index in [0.29, 0.717) is 12.0 Å². The molecule has 2 aromatic rings. The molecule has 4 rings (SSSR count). The number of carbonyl (C=O) groups excluding carboxylic acids is 1. The van der Waals surface area contributed by atoms with Gasteiger partial charge in [0.05, 0.1) is 22.6 Å². The summed E-state index contributed by atoms with van der Waals surface area (Å²) < 4.78 is 0. The van der Waals surface area contributed by atoms with Crippen molar-refractivity contribution in [1.29, 1.82) is 5.26 Å². The molecule has 0 fully saturated rings. The minimum absolute atomic E-state index is 0.166. The summed E-state index contributed by atoms with van der Waals surface area (Å²) in [6.45, 7) is 2.05. The molecule has 1 atom stereocenters. The van der Waals surface area contributed by atoms with Gasteiger partial charge in [0.15, 0.2) is 5.78 Å². The van der Waals surface area contributed by atoms with E-state index in [0.717, 1.165) is 40.5 Å². The zero-order valence-electron chi connectivity index (χ0n) is 15.9. The first-order valence-electron chi connectivity index (χ1n) is 9.58. The van der Waals surface area contributed by atoms with Gasteiger partial charge < -0.3 is 5.32 Å². The van der Waals surface area contributed by atoms with E-state index in [9.17, 15) is 10.1 Å². The summed E-state index contributed by atoms with van der Waals surface area (Å²) in [5, 5.41) is 14.4. The van der Waals surface area contributed by atoms with Crippen LogP contribution in [-0.4, -0.2) is 5.78 Å². The number of dihydropyridines is 1. The molecule has 0 aromatic heterocycles. The average Bonchev–Trinajstić information content (AvgIpc) is 2.73. The number of allylic oxidation sites excluding steroid dienone is 3. The predicted molar refractivity (Wildman–Crippen MR) is 113 cm³/mol. The Morgan fingerprint density at radius 1 is 1.11 bits per heavy atom. The maximum Gasteiger partial charge on any atom is 0.161 e. The predicted octanol–water partition coefficient (Wildman–Crippen LogP) is 5.36. The molecule has 3 nitrogen and oxygen atoms in total. The van der Waals surface area contributed by atoms with E-state index in [1.165, 1.54) is 11.1 Å². The maximum absolute atomic E-state index is 12.8. The third-order valence-electron chi connectivity index (χ3n) is 5.30. The first kappa shape index (κ1) is 18.6. The summed E-state index contributed by atoms with van der Waals surface area (Å²) in [5.74, 6) is 0.679. The number of benzene rings is 2.